The number of amides is 2. The fourth-order valence-electron chi connectivity index (χ4n) is 9.70. The summed E-state index contributed by atoms with van der Waals surface area (Å²) in [6.45, 7) is 5.74. The fraction of sp³-hybridized carbons (Fsp3) is 0.435. The molecule has 3 aromatic carbocycles. The van der Waals surface area contributed by atoms with Gasteiger partial charge >= 0.3 is 0 Å². The fourth-order valence-corrected chi connectivity index (χ4v) is 10.7. The van der Waals surface area contributed by atoms with E-state index in [4.69, 9.17) is 4.98 Å². The quantitative estimate of drug-likeness (QED) is 0.0522. The van der Waals surface area contributed by atoms with Gasteiger partial charge in [0.1, 0.15) is 28.9 Å². The average Bonchev–Trinajstić information content (AvgIpc) is 3.95. The molecule has 6 heterocycles. The number of nitrogens with zero attached hydrogens (tertiary/aromatic N) is 5. The van der Waals surface area contributed by atoms with Gasteiger partial charge in [-0.25, -0.2) is 21.6 Å². The number of halogens is 3. The number of hydrogen-bond donors (Lipinski definition) is 6. The molecule has 3 fully saturated rings. The molecule has 0 spiro atoms. The maximum absolute atomic E-state index is 15.7. The van der Waals surface area contributed by atoms with Crippen LogP contribution in [-0.2, 0) is 26.0 Å². The SMILES string of the molecule is CS(=O)(=O)N1CCc2cccc(Nc3nc(Nc4ccc(N5CCC(NCCNCCC6CCN(c7cc(F)c(C8CCC(=O)NC8=O)c(F)c7)CC6)CC5)c(F)c4)nc4[nH]ccc34)c21. The second kappa shape index (κ2) is 18.9. The van der Waals surface area contributed by atoms with Gasteiger partial charge in [0, 0.05) is 81.4 Å². The maximum Gasteiger partial charge on any atom is 0.234 e. The lowest BCUT2D eigenvalue weighted by Crippen LogP contribution is -2.44. The Morgan fingerprint density at radius 3 is 2.31 bits per heavy atom. The Morgan fingerprint density at radius 2 is 1.57 bits per heavy atom. The van der Waals surface area contributed by atoms with Crippen LogP contribution in [0.3, 0.4) is 0 Å². The van der Waals surface area contributed by atoms with Crippen molar-refractivity contribution in [2.24, 2.45) is 5.92 Å². The molecule has 0 radical (unpaired) electrons. The number of anilines is 7. The summed E-state index contributed by atoms with van der Waals surface area (Å²) in [5.41, 5.74) is 3.95. The van der Waals surface area contributed by atoms with Gasteiger partial charge in [0.2, 0.25) is 27.8 Å². The summed E-state index contributed by atoms with van der Waals surface area (Å²) in [5, 5.41) is 16.6. The molecule has 6 N–H and O–H groups in total. The van der Waals surface area contributed by atoms with E-state index in [1.54, 1.807) is 12.3 Å². The Bertz CT molecular complexity index is 2660. The average molecular weight is 914 g/mol. The molecule has 3 saturated heterocycles. The number of benzene rings is 3. The Labute approximate surface area is 376 Å². The predicted molar refractivity (Wildman–Crippen MR) is 246 cm³/mol. The zero-order chi connectivity index (χ0) is 45.2. The van der Waals surface area contributed by atoms with E-state index in [1.165, 1.54) is 28.8 Å². The monoisotopic (exact) mass is 913 g/mol. The highest BCUT2D eigenvalue weighted by Gasteiger charge is 2.34. The number of sulfonamides is 1. The van der Waals surface area contributed by atoms with Crippen LogP contribution < -0.4 is 40.7 Å². The number of H-pyrrole nitrogens is 1. The van der Waals surface area contributed by atoms with Crippen LogP contribution in [0.1, 0.15) is 62.0 Å². The molecule has 0 saturated carbocycles. The van der Waals surface area contributed by atoms with Crippen molar-refractivity contribution >= 4 is 73.1 Å². The normalized spacial score (nSPS) is 18.6. The Hall–Kier alpha value is -5.92. The van der Waals surface area contributed by atoms with Crippen molar-refractivity contribution in [3.8, 4) is 0 Å². The summed E-state index contributed by atoms with van der Waals surface area (Å²) >= 11 is 0. The standard InChI is InChI=1S/C46H54F3N11O4S/c1-65(63,64)60-24-13-29-3-2-4-38(42(29)60)54-44-34-10-17-52-43(34)56-46(57-44)53-31-5-7-39(35(47)25-31)59-22-14-30(15-23-59)51-19-18-50-16-9-28-11-20-58(21-12-28)32-26-36(48)41(37(49)27-32)33-6-8-40(61)55-45(33)62/h2-5,7,10,17,25-28,30,33,50-51H,6,8-9,11-16,18-24H2,1H3,(H,55,61,62)(H3,52,53,54,56,57). The highest BCUT2D eigenvalue weighted by molar-refractivity contribution is 7.92. The number of piperidine rings is 3. The maximum atomic E-state index is 15.7. The molecule has 2 aromatic heterocycles. The third-order valence-electron chi connectivity index (χ3n) is 13.2. The lowest BCUT2D eigenvalue weighted by Gasteiger charge is -2.34. The summed E-state index contributed by atoms with van der Waals surface area (Å²) in [7, 11) is -3.48. The molecule has 65 heavy (non-hydrogen) atoms. The van der Waals surface area contributed by atoms with Crippen LogP contribution in [0.2, 0.25) is 0 Å². The Balaban J connectivity index is 0.699. The summed E-state index contributed by atoms with van der Waals surface area (Å²) in [4.78, 5) is 40.2. The highest BCUT2D eigenvalue weighted by Crippen LogP contribution is 2.40. The van der Waals surface area contributed by atoms with Crippen molar-refractivity contribution in [3.05, 3.63) is 89.4 Å². The molecule has 0 aliphatic carbocycles. The molecule has 2 amide bonds. The minimum Gasteiger partial charge on any atom is -0.371 e. The molecule has 15 nitrogen and oxygen atoms in total. The smallest absolute Gasteiger partial charge is 0.234 e. The van der Waals surface area contributed by atoms with Gasteiger partial charge in [-0.15, -0.1) is 0 Å². The molecule has 5 aromatic rings. The first-order chi connectivity index (χ1) is 31.4. The first-order valence-electron chi connectivity index (χ1n) is 22.4. The van der Waals surface area contributed by atoms with Gasteiger partial charge in [-0.1, -0.05) is 12.1 Å². The molecule has 19 heteroatoms. The topological polar surface area (TPSA) is 180 Å². The summed E-state index contributed by atoms with van der Waals surface area (Å²) in [5.74, 6) is -2.71. The van der Waals surface area contributed by atoms with E-state index >= 15 is 13.2 Å². The van der Waals surface area contributed by atoms with Crippen molar-refractivity contribution in [2.75, 3.05) is 83.4 Å². The number of aromatic nitrogens is 3. The van der Waals surface area contributed by atoms with Crippen molar-refractivity contribution in [3.63, 3.8) is 0 Å². The van der Waals surface area contributed by atoms with E-state index in [0.717, 1.165) is 70.4 Å². The third-order valence-corrected chi connectivity index (χ3v) is 14.3. The van der Waals surface area contributed by atoms with Crippen LogP contribution in [-0.4, -0.2) is 99.8 Å². The van der Waals surface area contributed by atoms with E-state index in [9.17, 15) is 18.0 Å². The first-order valence-corrected chi connectivity index (χ1v) is 24.3. The number of carbonyl (C=O) groups excluding carboxylic acids is 2. The zero-order valence-electron chi connectivity index (χ0n) is 36.2. The van der Waals surface area contributed by atoms with Crippen LogP contribution in [0.5, 0.6) is 0 Å². The van der Waals surface area contributed by atoms with E-state index in [1.807, 2.05) is 35.2 Å². The van der Waals surface area contributed by atoms with Gasteiger partial charge in [0.05, 0.1) is 34.6 Å². The molecule has 0 bridgehead atoms. The second-order valence-corrected chi connectivity index (χ2v) is 19.4. The summed E-state index contributed by atoms with van der Waals surface area (Å²) in [6, 6.07) is 15.5. The van der Waals surface area contributed by atoms with Gasteiger partial charge in [-0.3, -0.25) is 19.2 Å². The molecule has 1 atom stereocenters. The van der Waals surface area contributed by atoms with Crippen molar-refractivity contribution in [2.45, 2.75) is 63.3 Å². The third kappa shape index (κ3) is 9.86. The summed E-state index contributed by atoms with van der Waals surface area (Å²) in [6.07, 6.45) is 8.34. The molecular weight excluding hydrogens is 860 g/mol. The zero-order valence-corrected chi connectivity index (χ0v) is 37.0. The number of aromatic amines is 1. The van der Waals surface area contributed by atoms with E-state index in [0.29, 0.717) is 83.3 Å². The lowest BCUT2D eigenvalue weighted by atomic mass is 9.89. The highest BCUT2D eigenvalue weighted by atomic mass is 32.2. The Morgan fingerprint density at radius 1 is 0.800 bits per heavy atom. The molecule has 344 valence electrons. The van der Waals surface area contributed by atoms with Crippen LogP contribution in [0.4, 0.5) is 53.4 Å². The number of nitrogens with one attached hydrogen (secondary N) is 6. The second-order valence-electron chi connectivity index (χ2n) is 17.5. The van der Waals surface area contributed by atoms with Gasteiger partial charge in [0.15, 0.2) is 0 Å². The van der Waals surface area contributed by atoms with E-state index in [2.05, 4.69) is 41.5 Å². The molecular formula is C46H54F3N11O4S. The number of para-hydroxylation sites is 1. The van der Waals surface area contributed by atoms with Crippen LogP contribution in [0, 0.1) is 23.4 Å². The van der Waals surface area contributed by atoms with Gasteiger partial charge in [-0.05, 0) is 105 Å². The molecule has 1 unspecified atom stereocenters. The van der Waals surface area contributed by atoms with Crippen molar-refractivity contribution in [1.82, 2.24) is 30.9 Å². The lowest BCUT2D eigenvalue weighted by molar-refractivity contribution is -0.134. The van der Waals surface area contributed by atoms with Crippen molar-refractivity contribution < 1.29 is 31.2 Å². The molecule has 4 aliphatic heterocycles. The number of imide groups is 1. The number of hydrogen-bond acceptors (Lipinski definition) is 12. The first kappa shape index (κ1) is 44.3. The predicted octanol–water partition coefficient (Wildman–Crippen LogP) is 6.16. The van der Waals surface area contributed by atoms with E-state index in [-0.39, 0.29) is 30.2 Å². The minimum absolute atomic E-state index is 0.0571. The summed E-state index contributed by atoms with van der Waals surface area (Å²) < 4.78 is 72.4. The van der Waals surface area contributed by atoms with Crippen LogP contribution in [0.25, 0.3) is 11.0 Å². The largest absolute Gasteiger partial charge is 0.371 e. The number of fused-ring (bicyclic) bond motifs is 2. The minimum atomic E-state index is -3.48. The van der Waals surface area contributed by atoms with E-state index < -0.39 is 39.4 Å². The number of carbonyl (C=O) groups is 2. The van der Waals surface area contributed by atoms with Gasteiger partial charge in [0.25, 0.3) is 0 Å². The molecule has 4 aliphatic rings. The van der Waals surface area contributed by atoms with Crippen LogP contribution in [0.15, 0.2) is 60.8 Å². The van der Waals surface area contributed by atoms with Gasteiger partial charge in [-0.2, -0.15) is 9.97 Å². The Kier molecular flexibility index (Phi) is 12.9. The van der Waals surface area contributed by atoms with Crippen molar-refractivity contribution in [1.29, 1.82) is 0 Å². The van der Waals surface area contributed by atoms with Crippen LogP contribution >= 0.6 is 0 Å². The number of rotatable bonds is 15. The van der Waals surface area contributed by atoms with Gasteiger partial charge < -0.3 is 36.1 Å². The molecule has 9 rings (SSSR count).